The van der Waals surface area contributed by atoms with Gasteiger partial charge < -0.3 is 50.0 Å². The molecule has 13 heteroatoms. The topological polar surface area (TPSA) is 190 Å². The fourth-order valence-electron chi connectivity index (χ4n) is 14.1. The predicted molar refractivity (Wildman–Crippen MR) is 215 cm³/mol. The van der Waals surface area contributed by atoms with Crippen molar-refractivity contribution >= 4 is 11.7 Å². The van der Waals surface area contributed by atoms with Gasteiger partial charge in [0.1, 0.15) is 29.6 Å². The normalized spacial score (nSPS) is 50.9. The molecule has 59 heavy (non-hydrogen) atoms. The van der Waals surface area contributed by atoms with Crippen molar-refractivity contribution in [3.63, 3.8) is 0 Å². The summed E-state index contributed by atoms with van der Waals surface area (Å²) >= 11 is 0. The van der Waals surface area contributed by atoms with E-state index in [1.807, 2.05) is 11.8 Å². The van der Waals surface area contributed by atoms with Crippen molar-refractivity contribution in [2.75, 3.05) is 40.0 Å². The second kappa shape index (κ2) is 14.3. The van der Waals surface area contributed by atoms with E-state index in [2.05, 4.69) is 41.2 Å². The molecular weight excluding hydrogens is 755 g/mol. The average molecular weight is 820 g/mol. The third-order valence-electron chi connectivity index (χ3n) is 17.6. The molecular formula is C46H65N3O10. The summed E-state index contributed by atoms with van der Waals surface area (Å²) in [6, 6.07) is -0.149. The summed E-state index contributed by atoms with van der Waals surface area (Å²) in [6.07, 6.45) is 1.24. The number of nitrogens with one attached hydrogen (secondary N) is 2. The number of ketones is 1. The van der Waals surface area contributed by atoms with Crippen LogP contribution in [0.3, 0.4) is 0 Å². The quantitative estimate of drug-likeness (QED) is 0.100. The molecule has 0 radical (unpaired) electrons. The van der Waals surface area contributed by atoms with E-state index in [4.69, 9.17) is 14.2 Å². The molecule has 3 spiro atoms. The molecule has 17 atom stereocenters. The van der Waals surface area contributed by atoms with Gasteiger partial charge in [-0.2, -0.15) is 0 Å². The highest BCUT2D eigenvalue weighted by molar-refractivity contribution is 5.96. The summed E-state index contributed by atoms with van der Waals surface area (Å²) in [5.41, 5.74) is -8.41. The number of piperidine rings is 1. The minimum atomic E-state index is -1.98. The number of rotatable bonds is 9. The van der Waals surface area contributed by atoms with Crippen molar-refractivity contribution in [2.45, 2.75) is 158 Å². The van der Waals surface area contributed by atoms with Gasteiger partial charge in [-0.3, -0.25) is 14.9 Å². The van der Waals surface area contributed by atoms with Crippen molar-refractivity contribution in [1.29, 1.82) is 0 Å². The highest BCUT2D eigenvalue weighted by Gasteiger charge is 2.79. The zero-order valence-electron chi connectivity index (χ0n) is 35.4. The van der Waals surface area contributed by atoms with Crippen molar-refractivity contribution in [1.82, 2.24) is 15.5 Å². The molecule has 5 aliphatic carbocycles. The number of carbonyl (C=O) groups excluding carboxylic acids is 2. The Hall–Kier alpha value is -2.40. The van der Waals surface area contributed by atoms with Crippen LogP contribution in [0.25, 0.3) is 0 Å². The summed E-state index contributed by atoms with van der Waals surface area (Å²) in [5.74, 6) is 12.8. The second-order valence-corrected chi connectivity index (χ2v) is 20.5. The molecule has 1 amide bonds. The summed E-state index contributed by atoms with van der Waals surface area (Å²) in [4.78, 5) is 31.4. The summed E-state index contributed by atoms with van der Waals surface area (Å²) < 4.78 is 18.2. The first-order valence-electron chi connectivity index (χ1n) is 22.3. The van der Waals surface area contributed by atoms with Crippen molar-refractivity contribution < 1.29 is 49.3 Å². The molecule has 324 valence electrons. The zero-order valence-corrected chi connectivity index (χ0v) is 35.4. The van der Waals surface area contributed by atoms with Crippen LogP contribution in [-0.2, 0) is 23.8 Å². The number of aliphatic hydroxyl groups is 5. The molecule has 5 aliphatic heterocycles. The Balaban J connectivity index is 1.20. The molecule has 6 fully saturated rings. The standard InChI is InChI=1S/C46H65N3O10/c1-27(50)24-47-25-31-30-23-44-12-7-13-45(42(4,55)37(52)35(31)59-36(30)38(53)48-44)17-18-46(56)34-22-33(51)32-21-29(58-20-8-19-57-5)10-14-40(32,2)43(34,16-15-41(45,46)3)11-6-9-28-26-49(28)39(44)54/h22,27-32,35-38,47-48,50,52-53,55-56H,8-10,12,14-21,23-26H2,1-5H3/t27-,28-,29-,30+,31+,32-,35-,36-,37+,38-,40-,41+,42+,43-,44+,45-,46+,49?/m0/s1. The van der Waals surface area contributed by atoms with Crippen molar-refractivity contribution in [3.8, 4) is 23.7 Å². The maximum Gasteiger partial charge on any atom is 0.244 e. The van der Waals surface area contributed by atoms with Gasteiger partial charge in [-0.05, 0) is 94.6 Å². The van der Waals surface area contributed by atoms with Gasteiger partial charge in [-0.1, -0.05) is 25.7 Å². The number of amides is 1. The SMILES string of the molecule is COCCCO[C@H]1CC[C@@]2(C)[C@@H](C1)C(=O)C=C1[C@]3(O)CC[C@]45C#CC[C@@]6(C[C@@H]7[C@@H](CNC[C@H](C)O)[C@H](O[C@@H]7[C@H](O)N6)[C@@H](O)[C@@]4(C)O)C(=O)N4C[C@@H]4CC#C[C@]12CC[C@]53C. The van der Waals surface area contributed by atoms with E-state index in [-0.39, 0.29) is 62.0 Å². The maximum absolute atomic E-state index is 14.9. The molecule has 5 heterocycles. The van der Waals surface area contributed by atoms with Crippen molar-refractivity contribution in [3.05, 3.63) is 11.6 Å². The molecule has 0 aromatic heterocycles. The van der Waals surface area contributed by atoms with Gasteiger partial charge in [0.15, 0.2) is 5.78 Å². The number of carbonyl (C=O) groups is 2. The monoisotopic (exact) mass is 819 g/mol. The lowest BCUT2D eigenvalue weighted by Crippen LogP contribution is -2.70. The molecule has 7 bridgehead atoms. The van der Waals surface area contributed by atoms with E-state index in [1.165, 1.54) is 0 Å². The number of allylic oxidation sites excluding steroid dienone is 1. The molecule has 0 aromatic carbocycles. The number of aliphatic hydroxyl groups excluding tert-OH is 3. The molecule has 10 aliphatic rings. The van der Waals surface area contributed by atoms with Crippen LogP contribution in [0, 0.1) is 63.1 Å². The van der Waals surface area contributed by atoms with Gasteiger partial charge in [0.25, 0.3) is 0 Å². The third-order valence-corrected chi connectivity index (χ3v) is 17.6. The fraction of sp³-hybridized carbons (Fsp3) is 0.826. The van der Waals surface area contributed by atoms with Gasteiger partial charge >= 0.3 is 0 Å². The number of methoxy groups -OCH3 is 1. The van der Waals surface area contributed by atoms with Gasteiger partial charge in [-0.15, -0.1) is 11.8 Å². The molecule has 3 saturated heterocycles. The van der Waals surface area contributed by atoms with E-state index < -0.39 is 80.9 Å². The molecule has 13 nitrogen and oxygen atoms in total. The number of hydrogen-bond donors (Lipinski definition) is 7. The fourth-order valence-corrected chi connectivity index (χ4v) is 14.1. The van der Waals surface area contributed by atoms with Gasteiger partial charge in [0.2, 0.25) is 5.91 Å². The number of nitrogens with zero attached hydrogens (tertiary/aromatic N) is 1. The molecule has 7 N–H and O–H groups in total. The highest BCUT2D eigenvalue weighted by atomic mass is 16.5. The lowest BCUT2D eigenvalue weighted by Gasteiger charge is -2.66. The number of hydrogen-bond acceptors (Lipinski definition) is 12. The highest BCUT2D eigenvalue weighted by Crippen LogP contribution is 2.76. The Labute approximate surface area is 348 Å². The lowest BCUT2D eigenvalue weighted by molar-refractivity contribution is -0.227. The summed E-state index contributed by atoms with van der Waals surface area (Å²) in [7, 11) is 1.67. The van der Waals surface area contributed by atoms with Gasteiger partial charge in [-0.25, -0.2) is 0 Å². The number of fused-ring (bicyclic) bond motifs is 4. The van der Waals surface area contributed by atoms with E-state index in [0.29, 0.717) is 64.0 Å². The lowest BCUT2D eigenvalue weighted by atomic mass is 9.38. The van der Waals surface area contributed by atoms with Crippen LogP contribution in [0.2, 0.25) is 0 Å². The first-order chi connectivity index (χ1) is 27.9. The Morgan fingerprint density at radius 3 is 2.61 bits per heavy atom. The average Bonchev–Trinajstić information content (AvgIpc) is 3.80. The maximum atomic E-state index is 14.9. The van der Waals surface area contributed by atoms with Gasteiger partial charge in [0.05, 0.1) is 40.8 Å². The Kier molecular flexibility index (Phi) is 10.2. The van der Waals surface area contributed by atoms with E-state index in [1.54, 1.807) is 27.0 Å². The van der Waals surface area contributed by atoms with E-state index >= 15 is 0 Å². The molecule has 0 unspecified atom stereocenters. The van der Waals surface area contributed by atoms with Crippen LogP contribution in [0.5, 0.6) is 0 Å². The minimum absolute atomic E-state index is 0.0293. The summed E-state index contributed by atoms with van der Waals surface area (Å²) in [5, 5.41) is 68.2. The van der Waals surface area contributed by atoms with E-state index in [0.717, 1.165) is 12.8 Å². The number of ether oxygens (including phenoxy) is 3. The van der Waals surface area contributed by atoms with Crippen LogP contribution in [0.15, 0.2) is 11.6 Å². The third kappa shape index (κ3) is 5.76. The Morgan fingerprint density at radius 2 is 1.85 bits per heavy atom. The largest absolute Gasteiger partial charge is 0.392 e. The van der Waals surface area contributed by atoms with Gasteiger partial charge in [0, 0.05) is 70.1 Å². The van der Waals surface area contributed by atoms with E-state index in [9.17, 15) is 35.1 Å². The predicted octanol–water partition coefficient (Wildman–Crippen LogP) is 1.18. The first-order valence-corrected chi connectivity index (χ1v) is 22.3. The van der Waals surface area contributed by atoms with Crippen molar-refractivity contribution in [2.24, 2.45) is 39.4 Å². The summed E-state index contributed by atoms with van der Waals surface area (Å²) in [6.45, 7) is 9.66. The molecule has 3 saturated carbocycles. The second-order valence-electron chi connectivity index (χ2n) is 20.5. The van der Waals surface area contributed by atoms with Crippen LogP contribution >= 0.6 is 0 Å². The Bertz CT molecular complexity index is 1900. The smallest absolute Gasteiger partial charge is 0.244 e. The minimum Gasteiger partial charge on any atom is -0.392 e. The van der Waals surface area contributed by atoms with Crippen LogP contribution in [-0.4, -0.2) is 142 Å². The Morgan fingerprint density at radius 1 is 1.05 bits per heavy atom. The molecule has 0 aromatic rings. The van der Waals surface area contributed by atoms with Crippen LogP contribution in [0.1, 0.15) is 98.3 Å². The zero-order chi connectivity index (χ0) is 42.0. The first kappa shape index (κ1) is 41.9. The molecule has 10 rings (SSSR count). The van der Waals surface area contributed by atoms with Crippen LogP contribution < -0.4 is 10.6 Å². The van der Waals surface area contributed by atoms with Crippen LogP contribution in [0.4, 0.5) is 0 Å².